The zero-order valence-electron chi connectivity index (χ0n) is 15.8. The lowest BCUT2D eigenvalue weighted by molar-refractivity contribution is -0.137. The van der Waals surface area contributed by atoms with Crippen LogP contribution < -0.4 is 0 Å². The zero-order valence-corrected chi connectivity index (χ0v) is 17.4. The van der Waals surface area contributed by atoms with Gasteiger partial charge in [0.25, 0.3) is 5.91 Å². The molecule has 1 fully saturated rings. The van der Waals surface area contributed by atoms with E-state index in [0.29, 0.717) is 18.1 Å². The summed E-state index contributed by atoms with van der Waals surface area (Å²) in [6.45, 7) is 4.27. The molecule has 0 spiro atoms. The number of halogens is 4. The van der Waals surface area contributed by atoms with Gasteiger partial charge < -0.3 is 4.90 Å². The Bertz CT molecular complexity index is 1120. The number of nitrogens with zero attached hydrogens (tertiary/aromatic N) is 1. The van der Waals surface area contributed by atoms with Crippen LogP contribution in [0.4, 0.5) is 13.2 Å². The maximum absolute atomic E-state index is 14.0. The van der Waals surface area contributed by atoms with Crippen molar-refractivity contribution in [3.05, 3.63) is 64.7 Å². The molecular formula is C21H19ClF3NO2S. The van der Waals surface area contributed by atoms with Gasteiger partial charge >= 0.3 is 6.18 Å². The van der Waals surface area contributed by atoms with Crippen molar-refractivity contribution >= 4 is 31.9 Å². The van der Waals surface area contributed by atoms with Crippen molar-refractivity contribution < 1.29 is 22.2 Å². The molecule has 0 radical (unpaired) electrons. The lowest BCUT2D eigenvalue weighted by atomic mass is 9.92. The number of fused-ring (bicyclic) bond motifs is 1. The molecule has 154 valence electrons. The first kappa shape index (κ1) is 20.3. The summed E-state index contributed by atoms with van der Waals surface area (Å²) in [7, 11) is -3.08. The SMILES string of the molecule is CC1(C)C2CN(Cc3ccc(Cl)cc3)C(=O)C2=S1(=O)c1cccc(C(F)(F)F)c1. The van der Waals surface area contributed by atoms with E-state index in [4.69, 9.17) is 11.6 Å². The summed E-state index contributed by atoms with van der Waals surface area (Å²) < 4.78 is 52.7. The van der Waals surface area contributed by atoms with Gasteiger partial charge in [0.15, 0.2) is 0 Å². The number of carbonyl (C=O) groups is 1. The van der Waals surface area contributed by atoms with Crippen LogP contribution in [-0.4, -0.2) is 31.2 Å². The van der Waals surface area contributed by atoms with Gasteiger partial charge in [-0.3, -0.25) is 9.00 Å². The second-order valence-electron chi connectivity index (χ2n) is 7.91. The first-order chi connectivity index (χ1) is 13.5. The molecule has 2 aromatic rings. The van der Waals surface area contributed by atoms with Crippen LogP contribution in [0.3, 0.4) is 0 Å². The monoisotopic (exact) mass is 441 g/mol. The number of amides is 1. The van der Waals surface area contributed by atoms with Crippen LogP contribution in [0.2, 0.25) is 5.02 Å². The number of rotatable bonds is 3. The molecule has 0 N–H and O–H groups in total. The number of hydrogen-bond donors (Lipinski definition) is 0. The Morgan fingerprint density at radius 2 is 1.83 bits per heavy atom. The highest BCUT2D eigenvalue weighted by Crippen LogP contribution is 2.48. The molecule has 8 heteroatoms. The number of hydrogen-bond acceptors (Lipinski definition) is 2. The Labute approximate surface area is 172 Å². The average molecular weight is 442 g/mol. The van der Waals surface area contributed by atoms with Crippen molar-refractivity contribution in [2.75, 3.05) is 6.54 Å². The van der Waals surface area contributed by atoms with Gasteiger partial charge in [-0.1, -0.05) is 29.8 Å². The summed E-state index contributed by atoms with van der Waals surface area (Å²) in [5, 5.41) is 0.588. The fourth-order valence-corrected chi connectivity index (χ4v) is 7.87. The molecule has 2 aliphatic rings. The quantitative estimate of drug-likeness (QED) is 0.651. The third kappa shape index (κ3) is 2.97. The van der Waals surface area contributed by atoms with E-state index in [1.165, 1.54) is 12.1 Å². The van der Waals surface area contributed by atoms with Crippen LogP contribution in [0.1, 0.15) is 25.0 Å². The van der Waals surface area contributed by atoms with Crippen LogP contribution in [-0.2, 0) is 27.0 Å². The summed E-state index contributed by atoms with van der Waals surface area (Å²) in [6, 6.07) is 11.6. The second kappa shape index (κ2) is 6.51. The van der Waals surface area contributed by atoms with Crippen molar-refractivity contribution in [1.82, 2.24) is 4.90 Å². The Hall–Kier alpha value is -1.99. The van der Waals surface area contributed by atoms with Crippen LogP contribution in [0, 0.1) is 5.92 Å². The maximum Gasteiger partial charge on any atom is 0.416 e. The van der Waals surface area contributed by atoms with E-state index in [1.807, 2.05) is 12.1 Å². The lowest BCUT2D eigenvalue weighted by Gasteiger charge is -2.45. The maximum atomic E-state index is 14.0. The molecule has 4 rings (SSSR count). The Kier molecular flexibility index (Phi) is 4.55. The smallest absolute Gasteiger partial charge is 0.333 e. The number of likely N-dealkylation sites (tertiary alicyclic amines) is 1. The molecule has 0 saturated carbocycles. The van der Waals surface area contributed by atoms with Crippen LogP contribution in [0.15, 0.2) is 53.4 Å². The molecule has 29 heavy (non-hydrogen) atoms. The minimum absolute atomic E-state index is 0.0743. The predicted octanol–water partition coefficient (Wildman–Crippen LogP) is 4.63. The fraction of sp³-hybridized carbons (Fsp3) is 0.333. The minimum atomic E-state index is -4.54. The molecule has 0 bridgehead atoms. The van der Waals surface area contributed by atoms with E-state index in [-0.39, 0.29) is 21.6 Å². The summed E-state index contributed by atoms with van der Waals surface area (Å²) in [5.41, 5.74) is 0.0223. The molecule has 3 nitrogen and oxygen atoms in total. The predicted molar refractivity (Wildman–Crippen MR) is 107 cm³/mol. The Morgan fingerprint density at radius 3 is 2.45 bits per heavy atom. The molecule has 2 atom stereocenters. The first-order valence-electron chi connectivity index (χ1n) is 9.08. The average Bonchev–Trinajstić information content (AvgIpc) is 2.98. The van der Waals surface area contributed by atoms with Crippen LogP contribution in [0.5, 0.6) is 0 Å². The lowest BCUT2D eigenvalue weighted by Crippen LogP contribution is -2.57. The molecule has 2 heterocycles. The van der Waals surface area contributed by atoms with Gasteiger partial charge in [0.1, 0.15) is 0 Å². The molecule has 0 aliphatic carbocycles. The summed E-state index contributed by atoms with van der Waals surface area (Å²) in [4.78, 5) is 15.0. The largest absolute Gasteiger partial charge is 0.416 e. The molecule has 1 amide bonds. The highest BCUT2D eigenvalue weighted by molar-refractivity contribution is 8.06. The van der Waals surface area contributed by atoms with Crippen molar-refractivity contribution in [2.24, 2.45) is 5.92 Å². The van der Waals surface area contributed by atoms with Crippen molar-refractivity contribution in [3.63, 3.8) is 0 Å². The van der Waals surface area contributed by atoms with E-state index in [0.717, 1.165) is 17.7 Å². The zero-order chi connectivity index (χ0) is 21.2. The fourth-order valence-electron chi connectivity index (χ4n) is 4.20. The normalized spacial score (nSPS) is 25.7. The van der Waals surface area contributed by atoms with Gasteiger partial charge in [0, 0.05) is 43.2 Å². The van der Waals surface area contributed by atoms with Gasteiger partial charge in [-0.05, 0) is 49.7 Å². The van der Waals surface area contributed by atoms with E-state index in [2.05, 4.69) is 0 Å². The van der Waals surface area contributed by atoms with Gasteiger partial charge in [-0.15, -0.1) is 0 Å². The Morgan fingerprint density at radius 1 is 1.17 bits per heavy atom. The van der Waals surface area contributed by atoms with Gasteiger partial charge in [0.2, 0.25) is 0 Å². The van der Waals surface area contributed by atoms with Gasteiger partial charge in [-0.2, -0.15) is 13.2 Å². The summed E-state index contributed by atoms with van der Waals surface area (Å²) in [6.07, 6.45) is -4.54. The topological polar surface area (TPSA) is 37.4 Å². The number of benzene rings is 2. The van der Waals surface area contributed by atoms with Crippen LogP contribution >= 0.6 is 11.6 Å². The van der Waals surface area contributed by atoms with Crippen molar-refractivity contribution in [2.45, 2.75) is 36.2 Å². The highest BCUT2D eigenvalue weighted by Gasteiger charge is 2.61. The van der Waals surface area contributed by atoms with Crippen molar-refractivity contribution in [1.29, 1.82) is 0 Å². The molecule has 2 aliphatic heterocycles. The third-order valence-electron chi connectivity index (χ3n) is 5.89. The molecule has 1 saturated heterocycles. The summed E-state index contributed by atoms with van der Waals surface area (Å²) >= 11 is 5.90. The third-order valence-corrected chi connectivity index (χ3v) is 9.90. The Balaban J connectivity index is 1.75. The van der Waals surface area contributed by atoms with Gasteiger partial charge in [0.05, 0.1) is 10.4 Å². The van der Waals surface area contributed by atoms with Crippen molar-refractivity contribution in [3.8, 4) is 0 Å². The molecule has 0 aromatic heterocycles. The van der Waals surface area contributed by atoms with E-state index in [9.17, 15) is 22.2 Å². The summed E-state index contributed by atoms with van der Waals surface area (Å²) in [5.74, 6) is -0.587. The van der Waals surface area contributed by atoms with E-state index < -0.39 is 26.0 Å². The molecule has 2 unspecified atom stereocenters. The first-order valence-corrected chi connectivity index (χ1v) is 11.0. The second-order valence-corrected chi connectivity index (χ2v) is 11.4. The number of carbonyl (C=O) groups excluding carboxylic acids is 1. The van der Waals surface area contributed by atoms with E-state index >= 15 is 0 Å². The number of alkyl halides is 3. The molecule has 2 aromatic carbocycles. The highest BCUT2D eigenvalue weighted by atomic mass is 35.5. The van der Waals surface area contributed by atoms with Gasteiger partial charge in [-0.25, -0.2) is 0 Å². The standard InChI is InChI=1S/C21H19ClF3NO2S/c1-20(2)17-12-26(11-13-6-8-15(22)9-7-13)19(27)18(17)29(20,28)16-5-3-4-14(10-16)21(23,24)25/h3-10,17H,11-12H2,1-2H3. The van der Waals surface area contributed by atoms with E-state index in [1.54, 1.807) is 30.9 Å². The molecular weight excluding hydrogens is 423 g/mol. The minimum Gasteiger partial charge on any atom is -0.333 e. The van der Waals surface area contributed by atoms with Crippen LogP contribution in [0.25, 0.3) is 0 Å².